The summed E-state index contributed by atoms with van der Waals surface area (Å²) < 4.78 is 5.53. The molecule has 1 aliphatic heterocycles. The zero-order valence-corrected chi connectivity index (χ0v) is 18.8. The van der Waals surface area contributed by atoms with Crippen LogP contribution in [0.25, 0.3) is 33.2 Å². The number of fused-ring (bicyclic) bond motifs is 1. The lowest BCUT2D eigenvalue weighted by atomic mass is 9.86. The Kier molecular flexibility index (Phi) is 5.65. The third kappa shape index (κ3) is 3.66. The van der Waals surface area contributed by atoms with E-state index in [9.17, 15) is 10.1 Å². The minimum atomic E-state index is 0.579. The third-order valence-corrected chi connectivity index (χ3v) is 7.45. The molecule has 0 radical (unpaired) electrons. The summed E-state index contributed by atoms with van der Waals surface area (Å²) in [4.78, 5) is 15.0. The van der Waals surface area contributed by atoms with Crippen molar-refractivity contribution < 1.29 is 9.21 Å². The maximum absolute atomic E-state index is 11.8. The highest BCUT2D eigenvalue weighted by molar-refractivity contribution is 7.12. The SMILES string of the molecule is C[C@@H]1CCCN1CCc1c(-c2ccc3occc3c2)ccc(C#N)c1-c1ccsc1C=O. The van der Waals surface area contributed by atoms with Gasteiger partial charge in [0.05, 0.1) is 22.8 Å². The van der Waals surface area contributed by atoms with Crippen molar-refractivity contribution in [2.24, 2.45) is 0 Å². The third-order valence-electron chi connectivity index (χ3n) is 6.61. The average molecular weight is 441 g/mol. The van der Waals surface area contributed by atoms with Gasteiger partial charge in [-0.1, -0.05) is 12.1 Å². The topological polar surface area (TPSA) is 57.2 Å². The first-order valence-electron chi connectivity index (χ1n) is 11.0. The second-order valence-electron chi connectivity index (χ2n) is 8.39. The normalized spacial score (nSPS) is 16.4. The van der Waals surface area contributed by atoms with Crippen LogP contribution in [0.5, 0.6) is 0 Å². The van der Waals surface area contributed by atoms with Crippen LogP contribution in [0.1, 0.15) is 40.6 Å². The fourth-order valence-electron chi connectivity index (χ4n) is 4.91. The minimum absolute atomic E-state index is 0.579. The first kappa shape index (κ1) is 20.7. The molecule has 4 aromatic rings. The van der Waals surface area contributed by atoms with Gasteiger partial charge in [0.25, 0.3) is 0 Å². The van der Waals surface area contributed by atoms with Gasteiger partial charge in [0.15, 0.2) is 6.29 Å². The number of hydrogen-bond donors (Lipinski definition) is 0. The number of carbonyl (C=O) groups excluding carboxylic acids is 1. The number of thiophene rings is 1. The smallest absolute Gasteiger partial charge is 0.160 e. The lowest BCUT2D eigenvalue weighted by Gasteiger charge is -2.23. The lowest BCUT2D eigenvalue weighted by molar-refractivity contribution is 0.112. The minimum Gasteiger partial charge on any atom is -0.464 e. The Morgan fingerprint density at radius 3 is 2.91 bits per heavy atom. The Labute approximate surface area is 191 Å². The van der Waals surface area contributed by atoms with E-state index >= 15 is 0 Å². The van der Waals surface area contributed by atoms with Crippen molar-refractivity contribution >= 4 is 28.6 Å². The van der Waals surface area contributed by atoms with E-state index in [1.165, 1.54) is 24.2 Å². The molecule has 0 amide bonds. The molecule has 2 aromatic heterocycles. The molecule has 0 saturated carbocycles. The molecule has 160 valence electrons. The summed E-state index contributed by atoms with van der Waals surface area (Å²) in [6.45, 7) is 4.34. The summed E-state index contributed by atoms with van der Waals surface area (Å²) in [5, 5.41) is 12.9. The van der Waals surface area contributed by atoms with E-state index in [-0.39, 0.29) is 0 Å². The summed E-state index contributed by atoms with van der Waals surface area (Å²) in [6.07, 6.45) is 5.89. The maximum Gasteiger partial charge on any atom is 0.160 e. The Morgan fingerprint density at radius 2 is 2.12 bits per heavy atom. The number of carbonyl (C=O) groups is 1. The van der Waals surface area contributed by atoms with Crippen LogP contribution in [-0.2, 0) is 6.42 Å². The molecule has 5 heteroatoms. The van der Waals surface area contributed by atoms with Crippen molar-refractivity contribution in [1.29, 1.82) is 5.26 Å². The van der Waals surface area contributed by atoms with Gasteiger partial charge in [-0.25, -0.2) is 0 Å². The summed E-state index contributed by atoms with van der Waals surface area (Å²) in [7, 11) is 0. The molecule has 0 aliphatic carbocycles. The zero-order valence-electron chi connectivity index (χ0n) is 18.0. The Balaban J connectivity index is 1.69. The summed E-state index contributed by atoms with van der Waals surface area (Å²) in [5.41, 5.74) is 6.56. The molecule has 1 atom stereocenters. The number of rotatable bonds is 6. The van der Waals surface area contributed by atoms with Gasteiger partial charge in [0.2, 0.25) is 0 Å². The van der Waals surface area contributed by atoms with Gasteiger partial charge >= 0.3 is 0 Å². The molecule has 5 rings (SSSR count). The second kappa shape index (κ2) is 8.74. The first-order chi connectivity index (χ1) is 15.7. The van der Waals surface area contributed by atoms with Crippen LogP contribution < -0.4 is 0 Å². The lowest BCUT2D eigenvalue weighted by Crippen LogP contribution is -2.29. The molecule has 0 N–H and O–H groups in total. The van der Waals surface area contributed by atoms with E-state index in [4.69, 9.17) is 4.42 Å². The van der Waals surface area contributed by atoms with E-state index in [1.807, 2.05) is 29.6 Å². The molecule has 0 unspecified atom stereocenters. The quantitative estimate of drug-likeness (QED) is 0.319. The number of nitriles is 1. The largest absolute Gasteiger partial charge is 0.464 e. The molecule has 32 heavy (non-hydrogen) atoms. The Morgan fingerprint density at radius 1 is 1.22 bits per heavy atom. The van der Waals surface area contributed by atoms with Crippen molar-refractivity contribution in [2.45, 2.75) is 32.2 Å². The first-order valence-corrected chi connectivity index (χ1v) is 11.9. The number of benzene rings is 2. The number of likely N-dealkylation sites (tertiary alicyclic amines) is 1. The molecule has 1 fully saturated rings. The fourth-order valence-corrected chi connectivity index (χ4v) is 5.62. The molecular formula is C27H24N2O2S. The number of hydrogen-bond acceptors (Lipinski definition) is 5. The predicted octanol–water partition coefficient (Wildman–Crippen LogP) is 6.54. The highest BCUT2D eigenvalue weighted by Crippen LogP contribution is 2.39. The molecule has 0 spiro atoms. The molecule has 1 saturated heterocycles. The average Bonchev–Trinajstić information content (AvgIpc) is 3.57. The van der Waals surface area contributed by atoms with Crippen LogP contribution in [-0.4, -0.2) is 30.3 Å². The van der Waals surface area contributed by atoms with Crippen molar-refractivity contribution in [1.82, 2.24) is 4.90 Å². The molecule has 4 nitrogen and oxygen atoms in total. The van der Waals surface area contributed by atoms with Crippen LogP contribution in [0.2, 0.25) is 0 Å². The van der Waals surface area contributed by atoms with Gasteiger partial charge in [-0.05, 0) is 85.1 Å². The highest BCUT2D eigenvalue weighted by atomic mass is 32.1. The number of nitrogens with zero attached hydrogens (tertiary/aromatic N) is 2. The van der Waals surface area contributed by atoms with E-state index in [0.717, 1.165) is 64.6 Å². The molecule has 2 aromatic carbocycles. The monoisotopic (exact) mass is 440 g/mol. The van der Waals surface area contributed by atoms with Crippen molar-refractivity contribution in [3.63, 3.8) is 0 Å². The van der Waals surface area contributed by atoms with Crippen molar-refractivity contribution in [3.8, 4) is 28.3 Å². The summed E-state index contributed by atoms with van der Waals surface area (Å²) >= 11 is 1.42. The fraction of sp³-hybridized carbons (Fsp3) is 0.259. The van der Waals surface area contributed by atoms with Crippen LogP contribution in [0.15, 0.2) is 58.5 Å². The zero-order chi connectivity index (χ0) is 22.1. The van der Waals surface area contributed by atoms with Crippen molar-refractivity contribution in [2.75, 3.05) is 13.1 Å². The maximum atomic E-state index is 11.8. The number of aldehydes is 1. The highest BCUT2D eigenvalue weighted by Gasteiger charge is 2.23. The van der Waals surface area contributed by atoms with Gasteiger partial charge in [0.1, 0.15) is 5.58 Å². The predicted molar refractivity (Wildman–Crippen MR) is 129 cm³/mol. The van der Waals surface area contributed by atoms with Gasteiger partial charge in [-0.15, -0.1) is 11.3 Å². The van der Waals surface area contributed by atoms with Crippen LogP contribution >= 0.6 is 11.3 Å². The summed E-state index contributed by atoms with van der Waals surface area (Å²) in [5.74, 6) is 0. The number of furan rings is 1. The van der Waals surface area contributed by atoms with E-state index < -0.39 is 0 Å². The standard InChI is InChI=1S/C27H24N2O2S/c1-18-3-2-11-29(18)12-8-23-22(19-5-7-25-20(15-19)9-13-31-25)6-4-21(16-28)27(23)24-10-14-32-26(24)17-30/h4-7,9-10,13-15,17-18H,2-3,8,11-12H2,1H3/t18-/m1/s1. The van der Waals surface area contributed by atoms with Crippen LogP contribution in [0, 0.1) is 11.3 Å². The summed E-state index contributed by atoms with van der Waals surface area (Å²) in [6, 6.07) is 17.0. The van der Waals surface area contributed by atoms with Crippen LogP contribution in [0.4, 0.5) is 0 Å². The van der Waals surface area contributed by atoms with E-state index in [2.05, 4.69) is 36.1 Å². The molecule has 1 aliphatic rings. The molecular weight excluding hydrogens is 416 g/mol. The Bertz CT molecular complexity index is 1330. The second-order valence-corrected chi connectivity index (χ2v) is 9.34. The molecule has 3 heterocycles. The Hall–Kier alpha value is -3.20. The van der Waals surface area contributed by atoms with Crippen LogP contribution in [0.3, 0.4) is 0 Å². The van der Waals surface area contributed by atoms with Crippen molar-refractivity contribution in [3.05, 3.63) is 70.1 Å². The van der Waals surface area contributed by atoms with Gasteiger partial charge < -0.3 is 9.32 Å². The van der Waals surface area contributed by atoms with E-state index in [0.29, 0.717) is 16.5 Å². The van der Waals surface area contributed by atoms with Gasteiger partial charge in [-0.2, -0.15) is 5.26 Å². The van der Waals surface area contributed by atoms with E-state index in [1.54, 1.807) is 6.26 Å². The van der Waals surface area contributed by atoms with Gasteiger partial charge in [0, 0.05) is 29.1 Å². The van der Waals surface area contributed by atoms with Gasteiger partial charge in [-0.3, -0.25) is 4.79 Å². The molecule has 0 bridgehead atoms.